The highest BCUT2D eigenvalue weighted by Gasteiger charge is 2.34. The number of thioether (sulfide) groups is 1. The Labute approximate surface area is 261 Å². The lowest BCUT2D eigenvalue weighted by Crippen LogP contribution is -2.28. The van der Waals surface area contributed by atoms with E-state index in [1.807, 2.05) is 17.5 Å². The second-order valence-corrected chi connectivity index (χ2v) is 11.7. The molecule has 0 bridgehead atoms. The van der Waals surface area contributed by atoms with Gasteiger partial charge in [-0.15, -0.1) is 21.5 Å². The monoisotopic (exact) mass is 654 g/mol. The number of thiophene rings is 1. The predicted molar refractivity (Wildman–Crippen MR) is 158 cm³/mol. The number of alkyl halides is 3. The Kier molecular flexibility index (Phi) is 8.54. The zero-order valence-electron chi connectivity index (χ0n) is 23.1. The molecular formula is C30H22F4N6O3S2. The first kappa shape index (κ1) is 30.3. The Balaban J connectivity index is 1.27. The van der Waals surface area contributed by atoms with Crippen molar-refractivity contribution in [3.05, 3.63) is 118 Å². The molecule has 2 amide bonds. The molecule has 1 N–H and O–H groups in total. The van der Waals surface area contributed by atoms with Gasteiger partial charge in [0, 0.05) is 6.42 Å². The third kappa shape index (κ3) is 6.68. The number of hydrazone groups is 1. The number of nitrogens with one attached hydrogen (secondary N) is 1. The Morgan fingerprint density at radius 2 is 1.87 bits per heavy atom. The molecule has 5 aromatic rings. The van der Waals surface area contributed by atoms with E-state index in [0.717, 1.165) is 28.8 Å². The van der Waals surface area contributed by atoms with Crippen LogP contribution in [0.5, 0.6) is 0 Å². The average molecular weight is 655 g/mol. The van der Waals surface area contributed by atoms with Gasteiger partial charge >= 0.3 is 6.18 Å². The number of hydrogen-bond donors (Lipinski definition) is 1. The van der Waals surface area contributed by atoms with Crippen molar-refractivity contribution < 1.29 is 31.6 Å². The van der Waals surface area contributed by atoms with Gasteiger partial charge in [-0.3, -0.25) is 14.2 Å². The van der Waals surface area contributed by atoms with Gasteiger partial charge in [0.05, 0.1) is 46.4 Å². The number of furan rings is 1. The number of benzene rings is 2. The maximum atomic E-state index is 13.7. The lowest BCUT2D eigenvalue weighted by atomic mass is 10.0. The van der Waals surface area contributed by atoms with Gasteiger partial charge in [0.15, 0.2) is 16.7 Å². The van der Waals surface area contributed by atoms with E-state index in [-0.39, 0.29) is 34.7 Å². The summed E-state index contributed by atoms with van der Waals surface area (Å²) in [4.78, 5) is 27.0. The summed E-state index contributed by atoms with van der Waals surface area (Å²) in [5.41, 5.74) is 0.613. The third-order valence-electron chi connectivity index (χ3n) is 6.84. The fourth-order valence-corrected chi connectivity index (χ4v) is 6.26. The molecule has 0 saturated carbocycles. The van der Waals surface area contributed by atoms with Gasteiger partial charge < -0.3 is 9.73 Å². The minimum atomic E-state index is -4.61. The molecule has 1 aliphatic rings. The minimum Gasteiger partial charge on any atom is -0.459 e. The molecular weight excluding hydrogens is 632 g/mol. The molecule has 15 heteroatoms. The fraction of sp³-hybridized carbons (Fsp3) is 0.167. The highest BCUT2D eigenvalue weighted by Crippen LogP contribution is 2.35. The van der Waals surface area contributed by atoms with E-state index < -0.39 is 35.4 Å². The van der Waals surface area contributed by atoms with E-state index in [1.54, 1.807) is 18.2 Å². The number of nitrogens with zero attached hydrogens (tertiary/aromatic N) is 5. The van der Waals surface area contributed by atoms with Crippen molar-refractivity contribution in [2.75, 3.05) is 5.75 Å². The normalized spacial score (nSPS) is 14.9. The molecule has 3 aromatic heterocycles. The first-order chi connectivity index (χ1) is 21.7. The van der Waals surface area contributed by atoms with Crippen LogP contribution in [-0.4, -0.2) is 43.1 Å². The summed E-state index contributed by atoms with van der Waals surface area (Å²) in [6.45, 7) is -0.190. The molecule has 1 atom stereocenters. The molecule has 1 aliphatic heterocycles. The van der Waals surface area contributed by atoms with Gasteiger partial charge in [0.1, 0.15) is 5.82 Å². The summed E-state index contributed by atoms with van der Waals surface area (Å²) in [6.07, 6.45) is -2.85. The quantitative estimate of drug-likeness (QED) is 0.144. The third-order valence-corrected chi connectivity index (χ3v) is 8.67. The maximum absolute atomic E-state index is 13.7. The van der Waals surface area contributed by atoms with E-state index in [0.29, 0.717) is 17.7 Å². The second-order valence-electron chi connectivity index (χ2n) is 9.76. The zero-order valence-corrected chi connectivity index (χ0v) is 24.7. The number of carbonyl (C=O) groups is 2. The molecule has 0 fully saturated rings. The van der Waals surface area contributed by atoms with Crippen LogP contribution in [0.15, 0.2) is 99.1 Å². The lowest BCUT2D eigenvalue weighted by molar-refractivity contribution is -0.137. The highest BCUT2D eigenvalue weighted by atomic mass is 32.2. The minimum absolute atomic E-state index is 0.0455. The van der Waals surface area contributed by atoms with Crippen LogP contribution >= 0.6 is 23.1 Å². The molecule has 0 saturated heterocycles. The van der Waals surface area contributed by atoms with Crippen molar-refractivity contribution in [1.29, 1.82) is 0 Å². The maximum Gasteiger partial charge on any atom is 0.416 e. The SMILES string of the molecule is O=C(NCc1nnc(SCC(=O)N2N=C(c3cccs3)C[C@@H]2c2ccc(F)cc2)n1-c1cccc(C(F)(F)F)c1)c1ccco1. The number of carbonyl (C=O) groups excluding carboxylic acids is 2. The van der Waals surface area contributed by atoms with E-state index >= 15 is 0 Å². The van der Waals surface area contributed by atoms with Gasteiger partial charge in [-0.2, -0.15) is 18.3 Å². The molecule has 0 spiro atoms. The van der Waals surface area contributed by atoms with Gasteiger partial charge in [-0.1, -0.05) is 36.0 Å². The summed E-state index contributed by atoms with van der Waals surface area (Å²) in [5.74, 6) is -1.36. The summed E-state index contributed by atoms with van der Waals surface area (Å²) in [7, 11) is 0. The van der Waals surface area contributed by atoms with Crippen LogP contribution in [0.3, 0.4) is 0 Å². The largest absolute Gasteiger partial charge is 0.459 e. The van der Waals surface area contributed by atoms with Crippen molar-refractivity contribution in [1.82, 2.24) is 25.1 Å². The van der Waals surface area contributed by atoms with Crippen LogP contribution in [-0.2, 0) is 17.5 Å². The highest BCUT2D eigenvalue weighted by molar-refractivity contribution is 7.99. The van der Waals surface area contributed by atoms with Crippen LogP contribution in [0.2, 0.25) is 0 Å². The Hall–Kier alpha value is -4.76. The standard InChI is InChI=1S/C30H22F4N6O3S2/c31-20-10-8-18(9-11-20)23-15-22(25-7-3-13-44-25)38-40(23)27(41)17-45-29-37-36-26(16-35-28(42)24-6-2-12-43-24)39(29)21-5-1-4-19(14-21)30(32,33)34/h1-14,23H,15-17H2,(H,35,42)/t23-/m1/s1. The Bertz CT molecular complexity index is 1840. The van der Waals surface area contributed by atoms with Crippen LogP contribution in [0.4, 0.5) is 17.6 Å². The van der Waals surface area contributed by atoms with Gasteiger partial charge in [0.25, 0.3) is 11.8 Å². The average Bonchev–Trinajstić information content (AvgIpc) is 3.85. The van der Waals surface area contributed by atoms with Gasteiger partial charge in [-0.05, 0) is 59.5 Å². The van der Waals surface area contributed by atoms with Crippen molar-refractivity contribution in [2.45, 2.75) is 30.3 Å². The number of amides is 2. The van der Waals surface area contributed by atoms with Crippen molar-refractivity contribution in [3.63, 3.8) is 0 Å². The zero-order chi connectivity index (χ0) is 31.6. The number of hydrogen-bond acceptors (Lipinski definition) is 8. The summed E-state index contributed by atoms with van der Waals surface area (Å²) >= 11 is 2.44. The van der Waals surface area contributed by atoms with Crippen LogP contribution < -0.4 is 5.32 Å². The summed E-state index contributed by atoms with van der Waals surface area (Å²) in [6, 6.07) is 16.7. The van der Waals surface area contributed by atoms with Crippen molar-refractivity contribution >= 4 is 40.6 Å². The molecule has 4 heterocycles. The van der Waals surface area contributed by atoms with Crippen LogP contribution in [0.1, 0.15) is 44.8 Å². The Morgan fingerprint density at radius 1 is 1.04 bits per heavy atom. The predicted octanol–water partition coefficient (Wildman–Crippen LogP) is 6.48. The molecule has 9 nitrogen and oxygen atoms in total. The van der Waals surface area contributed by atoms with Crippen molar-refractivity contribution in [3.8, 4) is 5.69 Å². The van der Waals surface area contributed by atoms with Crippen LogP contribution in [0.25, 0.3) is 5.69 Å². The number of aromatic nitrogens is 3. The van der Waals surface area contributed by atoms with E-state index in [9.17, 15) is 27.2 Å². The summed E-state index contributed by atoms with van der Waals surface area (Å²) < 4.78 is 60.9. The van der Waals surface area contributed by atoms with Gasteiger partial charge in [-0.25, -0.2) is 9.40 Å². The molecule has 230 valence electrons. The first-order valence-electron chi connectivity index (χ1n) is 13.4. The number of halogens is 4. The lowest BCUT2D eigenvalue weighted by Gasteiger charge is -2.22. The van der Waals surface area contributed by atoms with Crippen LogP contribution in [0, 0.1) is 5.82 Å². The molecule has 0 unspecified atom stereocenters. The number of rotatable bonds is 9. The molecule has 45 heavy (non-hydrogen) atoms. The molecule has 0 aliphatic carbocycles. The van der Waals surface area contributed by atoms with E-state index in [1.165, 1.54) is 57.5 Å². The molecule has 0 radical (unpaired) electrons. The van der Waals surface area contributed by atoms with Gasteiger partial charge in [0.2, 0.25) is 0 Å². The second kappa shape index (κ2) is 12.7. The Morgan fingerprint density at radius 3 is 2.58 bits per heavy atom. The smallest absolute Gasteiger partial charge is 0.416 e. The van der Waals surface area contributed by atoms with E-state index in [4.69, 9.17) is 4.42 Å². The molecule has 2 aromatic carbocycles. The topological polar surface area (TPSA) is 106 Å². The van der Waals surface area contributed by atoms with Crippen molar-refractivity contribution in [2.24, 2.45) is 5.10 Å². The summed E-state index contributed by atoms with van der Waals surface area (Å²) in [5, 5.41) is 18.9. The molecule has 6 rings (SSSR count). The van der Waals surface area contributed by atoms with E-state index in [2.05, 4.69) is 20.6 Å². The first-order valence-corrected chi connectivity index (χ1v) is 15.3. The fourth-order valence-electron chi connectivity index (χ4n) is 4.71.